The minimum atomic E-state index is 0.156. The molecule has 1 aromatic carbocycles. The SMILES string of the molecule is C=C(Cl)COc1cccc(CC(C)N)c1. The van der Waals surface area contributed by atoms with E-state index in [0.717, 1.165) is 12.2 Å². The van der Waals surface area contributed by atoms with Gasteiger partial charge in [-0.25, -0.2) is 0 Å². The van der Waals surface area contributed by atoms with E-state index in [1.807, 2.05) is 31.2 Å². The topological polar surface area (TPSA) is 35.2 Å². The third-order valence-electron chi connectivity index (χ3n) is 1.85. The van der Waals surface area contributed by atoms with Gasteiger partial charge in [0.15, 0.2) is 0 Å². The van der Waals surface area contributed by atoms with Gasteiger partial charge in [-0.3, -0.25) is 0 Å². The van der Waals surface area contributed by atoms with Gasteiger partial charge in [-0.2, -0.15) is 0 Å². The summed E-state index contributed by atoms with van der Waals surface area (Å²) in [4.78, 5) is 0. The number of hydrogen-bond donors (Lipinski definition) is 1. The van der Waals surface area contributed by atoms with Crippen molar-refractivity contribution in [3.8, 4) is 5.75 Å². The highest BCUT2D eigenvalue weighted by atomic mass is 35.5. The first kappa shape index (κ1) is 12.1. The third-order valence-corrected chi connectivity index (χ3v) is 1.96. The molecule has 0 bridgehead atoms. The van der Waals surface area contributed by atoms with Crippen molar-refractivity contribution in [1.82, 2.24) is 0 Å². The van der Waals surface area contributed by atoms with E-state index in [4.69, 9.17) is 22.1 Å². The summed E-state index contributed by atoms with van der Waals surface area (Å²) < 4.78 is 5.42. The molecule has 1 rings (SSSR count). The van der Waals surface area contributed by atoms with Crippen LogP contribution in [0.2, 0.25) is 0 Å². The van der Waals surface area contributed by atoms with Crippen LogP contribution >= 0.6 is 11.6 Å². The number of nitrogens with two attached hydrogens (primary N) is 1. The number of rotatable bonds is 5. The van der Waals surface area contributed by atoms with E-state index < -0.39 is 0 Å². The third kappa shape index (κ3) is 4.86. The summed E-state index contributed by atoms with van der Waals surface area (Å²) in [5.41, 5.74) is 6.89. The van der Waals surface area contributed by atoms with Crippen LogP contribution < -0.4 is 10.5 Å². The van der Waals surface area contributed by atoms with Crippen molar-refractivity contribution in [2.75, 3.05) is 6.61 Å². The summed E-state index contributed by atoms with van der Waals surface area (Å²) in [6, 6.07) is 8.01. The molecular formula is C12H16ClNO. The second-order valence-electron chi connectivity index (χ2n) is 3.63. The normalized spacial score (nSPS) is 12.2. The van der Waals surface area contributed by atoms with E-state index in [2.05, 4.69) is 6.58 Å². The molecule has 2 N–H and O–H groups in total. The zero-order valence-electron chi connectivity index (χ0n) is 8.87. The molecule has 0 radical (unpaired) electrons. The zero-order valence-corrected chi connectivity index (χ0v) is 9.63. The van der Waals surface area contributed by atoms with E-state index in [1.165, 1.54) is 5.56 Å². The molecule has 3 heteroatoms. The van der Waals surface area contributed by atoms with Crippen LogP contribution in [-0.4, -0.2) is 12.6 Å². The summed E-state index contributed by atoms with van der Waals surface area (Å²) in [7, 11) is 0. The Labute approximate surface area is 95.7 Å². The van der Waals surface area contributed by atoms with Gasteiger partial charge in [-0.05, 0) is 31.0 Å². The van der Waals surface area contributed by atoms with E-state index in [1.54, 1.807) is 0 Å². The first-order valence-electron chi connectivity index (χ1n) is 4.88. The molecule has 0 saturated heterocycles. The van der Waals surface area contributed by atoms with Gasteiger partial charge in [0.1, 0.15) is 12.4 Å². The monoisotopic (exact) mass is 225 g/mol. The average Bonchev–Trinajstić information content (AvgIpc) is 2.14. The molecule has 0 amide bonds. The lowest BCUT2D eigenvalue weighted by Crippen LogP contribution is -2.17. The molecule has 0 spiro atoms. The van der Waals surface area contributed by atoms with Gasteiger partial charge in [-0.15, -0.1) is 0 Å². The molecule has 0 aliphatic carbocycles. The summed E-state index contributed by atoms with van der Waals surface area (Å²) >= 11 is 5.61. The molecule has 0 aromatic heterocycles. The van der Waals surface area contributed by atoms with E-state index in [-0.39, 0.29) is 6.04 Å². The highest BCUT2D eigenvalue weighted by Crippen LogP contribution is 2.15. The molecule has 0 heterocycles. The molecule has 82 valence electrons. The molecule has 0 aliphatic rings. The van der Waals surface area contributed by atoms with Crippen molar-refractivity contribution < 1.29 is 4.74 Å². The van der Waals surface area contributed by atoms with Gasteiger partial charge in [0.05, 0.1) is 0 Å². The lowest BCUT2D eigenvalue weighted by Gasteiger charge is -2.08. The van der Waals surface area contributed by atoms with E-state index >= 15 is 0 Å². The Morgan fingerprint density at radius 1 is 1.60 bits per heavy atom. The molecule has 0 fully saturated rings. The Morgan fingerprint density at radius 2 is 2.33 bits per heavy atom. The maximum absolute atomic E-state index is 5.72. The lowest BCUT2D eigenvalue weighted by atomic mass is 10.1. The van der Waals surface area contributed by atoms with Crippen LogP contribution in [0, 0.1) is 0 Å². The van der Waals surface area contributed by atoms with E-state index in [9.17, 15) is 0 Å². The van der Waals surface area contributed by atoms with Gasteiger partial charge < -0.3 is 10.5 Å². The fourth-order valence-electron chi connectivity index (χ4n) is 1.30. The number of hydrogen-bond acceptors (Lipinski definition) is 2. The second kappa shape index (κ2) is 5.79. The predicted octanol–water partition coefficient (Wildman–Crippen LogP) is 2.71. The maximum atomic E-state index is 5.72. The summed E-state index contributed by atoms with van der Waals surface area (Å²) in [6.07, 6.45) is 0.846. The summed E-state index contributed by atoms with van der Waals surface area (Å²) in [6.45, 7) is 5.88. The lowest BCUT2D eigenvalue weighted by molar-refractivity contribution is 0.359. The van der Waals surface area contributed by atoms with Crippen molar-refractivity contribution in [1.29, 1.82) is 0 Å². The quantitative estimate of drug-likeness (QED) is 0.837. The Bertz CT molecular complexity index is 336. The van der Waals surface area contributed by atoms with Crippen LogP contribution in [-0.2, 0) is 6.42 Å². The van der Waals surface area contributed by atoms with Gasteiger partial charge in [-0.1, -0.05) is 30.3 Å². The Morgan fingerprint density at radius 3 is 2.93 bits per heavy atom. The number of benzene rings is 1. The minimum absolute atomic E-state index is 0.156. The van der Waals surface area contributed by atoms with Crippen LogP contribution in [0.4, 0.5) is 0 Å². The second-order valence-corrected chi connectivity index (χ2v) is 4.17. The maximum Gasteiger partial charge on any atom is 0.123 e. The Balaban J connectivity index is 2.61. The number of ether oxygens (including phenoxy) is 1. The molecule has 0 aliphatic heterocycles. The van der Waals surface area contributed by atoms with Crippen LogP contribution in [0.1, 0.15) is 12.5 Å². The van der Waals surface area contributed by atoms with Crippen molar-refractivity contribution in [3.05, 3.63) is 41.4 Å². The average molecular weight is 226 g/mol. The minimum Gasteiger partial charge on any atom is -0.488 e. The largest absolute Gasteiger partial charge is 0.488 e. The molecule has 1 atom stereocenters. The van der Waals surface area contributed by atoms with Gasteiger partial charge in [0.2, 0.25) is 0 Å². The molecule has 1 aromatic rings. The highest BCUT2D eigenvalue weighted by Gasteiger charge is 2.00. The van der Waals surface area contributed by atoms with Crippen molar-refractivity contribution in [3.63, 3.8) is 0 Å². The van der Waals surface area contributed by atoms with Crippen molar-refractivity contribution in [2.45, 2.75) is 19.4 Å². The fourth-order valence-corrected chi connectivity index (χ4v) is 1.35. The zero-order chi connectivity index (χ0) is 11.3. The Kier molecular flexibility index (Phi) is 4.66. The highest BCUT2D eigenvalue weighted by molar-refractivity contribution is 6.29. The summed E-state index contributed by atoms with van der Waals surface area (Å²) in [5.74, 6) is 0.801. The van der Waals surface area contributed by atoms with Gasteiger partial charge in [0.25, 0.3) is 0 Å². The van der Waals surface area contributed by atoms with Crippen LogP contribution in [0.25, 0.3) is 0 Å². The fraction of sp³-hybridized carbons (Fsp3) is 0.333. The molecule has 15 heavy (non-hydrogen) atoms. The summed E-state index contributed by atoms with van der Waals surface area (Å²) in [5, 5.41) is 0.493. The Hall–Kier alpha value is -0.990. The van der Waals surface area contributed by atoms with Crippen LogP contribution in [0.15, 0.2) is 35.9 Å². The molecule has 1 unspecified atom stereocenters. The molecular weight excluding hydrogens is 210 g/mol. The van der Waals surface area contributed by atoms with Crippen molar-refractivity contribution >= 4 is 11.6 Å². The van der Waals surface area contributed by atoms with Gasteiger partial charge in [0, 0.05) is 11.1 Å². The van der Waals surface area contributed by atoms with Crippen LogP contribution in [0.3, 0.4) is 0 Å². The smallest absolute Gasteiger partial charge is 0.123 e. The first-order valence-corrected chi connectivity index (χ1v) is 5.26. The first-order chi connectivity index (χ1) is 7.08. The number of halogens is 1. The van der Waals surface area contributed by atoms with Gasteiger partial charge >= 0.3 is 0 Å². The van der Waals surface area contributed by atoms with Crippen molar-refractivity contribution in [2.24, 2.45) is 5.73 Å². The predicted molar refractivity (Wildman–Crippen MR) is 64.3 cm³/mol. The van der Waals surface area contributed by atoms with Crippen LogP contribution in [0.5, 0.6) is 5.75 Å². The molecule has 0 saturated carbocycles. The van der Waals surface area contributed by atoms with E-state index in [0.29, 0.717) is 11.6 Å². The molecule has 2 nitrogen and oxygen atoms in total. The standard InChI is InChI=1S/C12H16ClNO/c1-9(13)8-15-12-5-3-4-11(7-12)6-10(2)14/h3-5,7,10H,1,6,8,14H2,2H3.